The van der Waals surface area contributed by atoms with Gasteiger partial charge in [-0.2, -0.15) is 0 Å². The van der Waals surface area contributed by atoms with Crippen LogP contribution in [0.3, 0.4) is 0 Å². The maximum absolute atomic E-state index is 12.6. The van der Waals surface area contributed by atoms with E-state index in [9.17, 15) is 14.3 Å². The molecule has 0 fully saturated rings. The topological polar surface area (TPSA) is 117 Å². The fourth-order valence-corrected chi connectivity index (χ4v) is 5.90. The third-order valence-corrected chi connectivity index (χ3v) is 9.09. The molecular formula is C43H76NO7P. The lowest BCUT2D eigenvalue weighted by Gasteiger charge is -2.20. The molecule has 0 saturated heterocycles. The fraction of sp³-hybridized carbons (Fsp3) is 0.698. The van der Waals surface area contributed by atoms with Gasteiger partial charge in [0, 0.05) is 19.6 Å². The van der Waals surface area contributed by atoms with Gasteiger partial charge < -0.3 is 20.1 Å². The SMILES string of the molecule is CC/C=C\C/C=C\C/C=C\CCCCCCOCC(COP(=O)(O)OCCN)OC(=O)CCCCCCCC/C=C\C/C=C\C/C=C\CCCCC. The number of phosphoric acid groups is 1. The smallest absolute Gasteiger partial charge is 0.457 e. The van der Waals surface area contributed by atoms with Crippen molar-refractivity contribution in [1.29, 1.82) is 0 Å². The van der Waals surface area contributed by atoms with Gasteiger partial charge in [0.05, 0.1) is 19.8 Å². The summed E-state index contributed by atoms with van der Waals surface area (Å²) in [7, 11) is -4.29. The van der Waals surface area contributed by atoms with E-state index < -0.39 is 13.9 Å². The molecule has 0 aliphatic heterocycles. The van der Waals surface area contributed by atoms with Crippen LogP contribution in [0, 0.1) is 0 Å². The van der Waals surface area contributed by atoms with Crippen LogP contribution in [0.1, 0.15) is 155 Å². The molecular weight excluding hydrogens is 673 g/mol. The molecule has 0 aromatic rings. The molecule has 9 heteroatoms. The quantitative estimate of drug-likeness (QED) is 0.0277. The van der Waals surface area contributed by atoms with Crippen LogP contribution in [0.5, 0.6) is 0 Å². The van der Waals surface area contributed by atoms with Crippen LogP contribution in [-0.2, 0) is 27.9 Å². The summed E-state index contributed by atoms with van der Waals surface area (Å²) >= 11 is 0. The average Bonchev–Trinajstić information content (AvgIpc) is 3.13. The van der Waals surface area contributed by atoms with Crippen molar-refractivity contribution < 1.29 is 32.8 Å². The Hall–Kier alpha value is -2.06. The normalized spacial score (nSPS) is 14.3. The van der Waals surface area contributed by atoms with Gasteiger partial charge in [-0.05, 0) is 83.5 Å². The number of esters is 1. The van der Waals surface area contributed by atoms with E-state index in [0.717, 1.165) is 96.3 Å². The van der Waals surface area contributed by atoms with E-state index in [4.69, 9.17) is 24.3 Å². The largest absolute Gasteiger partial charge is 0.472 e. The number of ether oxygens (including phenoxy) is 2. The number of rotatable bonds is 38. The Morgan fingerprint density at radius 1 is 0.596 bits per heavy atom. The van der Waals surface area contributed by atoms with Gasteiger partial charge in [0.2, 0.25) is 0 Å². The number of hydrogen-bond acceptors (Lipinski definition) is 7. The molecule has 8 nitrogen and oxygen atoms in total. The summed E-state index contributed by atoms with van der Waals surface area (Å²) in [5, 5.41) is 0. The third-order valence-electron chi connectivity index (χ3n) is 8.11. The Balaban J connectivity index is 4.13. The van der Waals surface area contributed by atoms with Gasteiger partial charge >= 0.3 is 13.8 Å². The molecule has 0 amide bonds. The lowest BCUT2D eigenvalue weighted by atomic mass is 10.1. The van der Waals surface area contributed by atoms with Gasteiger partial charge in [0.15, 0.2) is 0 Å². The molecule has 0 spiro atoms. The van der Waals surface area contributed by atoms with Crippen LogP contribution in [0.15, 0.2) is 72.9 Å². The van der Waals surface area contributed by atoms with Gasteiger partial charge in [-0.25, -0.2) is 4.57 Å². The number of carbonyl (C=O) groups is 1. The molecule has 0 saturated carbocycles. The highest BCUT2D eigenvalue weighted by atomic mass is 31.2. The standard InChI is InChI=1S/C43H76NO7P/c1-3-5-7-9-11-13-15-17-19-20-21-22-23-24-26-28-30-32-34-36-43(45)51-42(41-50-52(46,47)49-39-37-44)40-48-38-35-33-31-29-27-25-18-16-14-12-10-8-6-4-2/h6,8,11-14,17-19,21-22,25,42H,3-5,7,9-10,15-16,20,23-24,26-41,44H2,1-2H3,(H,46,47)/b8-6-,13-11-,14-12-,19-17-,22-21-,25-18-. The van der Waals surface area contributed by atoms with E-state index in [2.05, 4.69) is 86.8 Å². The van der Waals surface area contributed by atoms with Crippen LogP contribution in [0.2, 0.25) is 0 Å². The van der Waals surface area contributed by atoms with Gasteiger partial charge in [-0.1, -0.05) is 138 Å². The van der Waals surface area contributed by atoms with Crippen LogP contribution >= 0.6 is 7.82 Å². The zero-order valence-corrected chi connectivity index (χ0v) is 33.9. The first-order valence-electron chi connectivity index (χ1n) is 20.4. The highest BCUT2D eigenvalue weighted by Gasteiger charge is 2.25. The van der Waals surface area contributed by atoms with E-state index in [-0.39, 0.29) is 32.3 Å². The van der Waals surface area contributed by atoms with Crippen molar-refractivity contribution in [2.45, 2.75) is 161 Å². The van der Waals surface area contributed by atoms with Crippen molar-refractivity contribution in [3.8, 4) is 0 Å². The average molecular weight is 750 g/mol. The number of phosphoric ester groups is 1. The van der Waals surface area contributed by atoms with Gasteiger partial charge in [0.1, 0.15) is 6.10 Å². The molecule has 52 heavy (non-hydrogen) atoms. The maximum Gasteiger partial charge on any atom is 0.472 e. The summed E-state index contributed by atoms with van der Waals surface area (Å²) < 4.78 is 33.3. The molecule has 0 heterocycles. The number of hydrogen-bond donors (Lipinski definition) is 2. The minimum absolute atomic E-state index is 0.0902. The van der Waals surface area contributed by atoms with Gasteiger partial charge in [0.25, 0.3) is 0 Å². The van der Waals surface area contributed by atoms with Crippen molar-refractivity contribution in [1.82, 2.24) is 0 Å². The monoisotopic (exact) mass is 750 g/mol. The molecule has 300 valence electrons. The first-order valence-corrected chi connectivity index (χ1v) is 21.9. The van der Waals surface area contributed by atoms with Crippen LogP contribution in [0.25, 0.3) is 0 Å². The van der Waals surface area contributed by atoms with E-state index in [0.29, 0.717) is 13.0 Å². The molecule has 0 radical (unpaired) electrons. The minimum atomic E-state index is -4.29. The Kier molecular flexibility index (Phi) is 38.5. The van der Waals surface area contributed by atoms with Crippen molar-refractivity contribution in [3.63, 3.8) is 0 Å². The van der Waals surface area contributed by atoms with E-state index in [1.54, 1.807) is 0 Å². The fourth-order valence-electron chi connectivity index (χ4n) is 5.13. The summed E-state index contributed by atoms with van der Waals surface area (Å²) in [6, 6.07) is 0. The predicted octanol–water partition coefficient (Wildman–Crippen LogP) is 12.0. The molecule has 0 aliphatic rings. The zero-order valence-electron chi connectivity index (χ0n) is 33.0. The summed E-state index contributed by atoms with van der Waals surface area (Å²) in [6.07, 6.45) is 49.1. The second kappa shape index (κ2) is 40.1. The highest BCUT2D eigenvalue weighted by Crippen LogP contribution is 2.43. The lowest BCUT2D eigenvalue weighted by Crippen LogP contribution is -2.28. The number of carbonyl (C=O) groups excluding carboxylic acids is 1. The number of unbranched alkanes of at least 4 members (excludes halogenated alkanes) is 13. The maximum atomic E-state index is 12.6. The van der Waals surface area contributed by atoms with Crippen molar-refractivity contribution in [3.05, 3.63) is 72.9 Å². The van der Waals surface area contributed by atoms with Crippen LogP contribution in [-0.4, -0.2) is 49.9 Å². The van der Waals surface area contributed by atoms with Crippen LogP contribution < -0.4 is 5.73 Å². The van der Waals surface area contributed by atoms with Crippen molar-refractivity contribution in [2.24, 2.45) is 5.73 Å². The van der Waals surface area contributed by atoms with Gasteiger partial charge in [-0.3, -0.25) is 13.8 Å². The van der Waals surface area contributed by atoms with Crippen molar-refractivity contribution >= 4 is 13.8 Å². The summed E-state index contributed by atoms with van der Waals surface area (Å²) in [6.45, 7) is 4.68. The van der Waals surface area contributed by atoms with E-state index >= 15 is 0 Å². The van der Waals surface area contributed by atoms with Crippen LogP contribution in [0.4, 0.5) is 0 Å². The second-order valence-corrected chi connectivity index (χ2v) is 14.6. The first kappa shape index (κ1) is 49.9. The molecule has 2 atom stereocenters. The Morgan fingerprint density at radius 2 is 1.08 bits per heavy atom. The molecule has 3 N–H and O–H groups in total. The van der Waals surface area contributed by atoms with E-state index in [1.807, 2.05) is 0 Å². The third kappa shape index (κ3) is 39.2. The molecule has 0 bridgehead atoms. The first-order chi connectivity index (χ1) is 25.4. The zero-order chi connectivity index (χ0) is 38.1. The summed E-state index contributed by atoms with van der Waals surface area (Å²) in [5.41, 5.74) is 5.36. The predicted molar refractivity (Wildman–Crippen MR) is 219 cm³/mol. The molecule has 0 aromatic carbocycles. The summed E-state index contributed by atoms with van der Waals surface area (Å²) in [4.78, 5) is 22.4. The Bertz CT molecular complexity index is 1020. The van der Waals surface area contributed by atoms with E-state index in [1.165, 1.54) is 38.5 Å². The Labute approximate surface area is 318 Å². The number of nitrogens with two attached hydrogens (primary N) is 1. The molecule has 2 unspecified atom stereocenters. The molecule has 0 rings (SSSR count). The number of allylic oxidation sites excluding steroid dienone is 12. The summed E-state index contributed by atoms with van der Waals surface area (Å²) in [5.74, 6) is -0.355. The molecule has 0 aromatic heterocycles. The Morgan fingerprint density at radius 3 is 1.62 bits per heavy atom. The lowest BCUT2D eigenvalue weighted by molar-refractivity contribution is -0.154. The second-order valence-electron chi connectivity index (χ2n) is 13.1. The minimum Gasteiger partial charge on any atom is -0.457 e. The van der Waals surface area contributed by atoms with Gasteiger partial charge in [-0.15, -0.1) is 0 Å². The molecule has 0 aliphatic carbocycles. The van der Waals surface area contributed by atoms with Crippen molar-refractivity contribution in [2.75, 3.05) is 33.0 Å². The highest BCUT2D eigenvalue weighted by molar-refractivity contribution is 7.47.